The van der Waals surface area contributed by atoms with E-state index in [2.05, 4.69) is 15.3 Å². The van der Waals surface area contributed by atoms with Crippen LogP contribution < -0.4 is 10.1 Å². The van der Waals surface area contributed by atoms with Crippen LogP contribution in [0.3, 0.4) is 0 Å². The molecule has 20 heavy (non-hydrogen) atoms. The molecule has 1 N–H and O–H groups in total. The third kappa shape index (κ3) is 3.32. The molecule has 0 aliphatic rings. The number of nitrogens with one attached hydrogen (secondary N) is 1. The average molecular weight is 271 g/mol. The number of pyridine rings is 2. The predicted molar refractivity (Wildman–Crippen MR) is 75.6 cm³/mol. The fourth-order valence-corrected chi connectivity index (χ4v) is 1.82. The summed E-state index contributed by atoms with van der Waals surface area (Å²) in [7, 11) is 1.52. The number of hydrogen-bond acceptors (Lipinski definition) is 4. The number of carbonyl (C=O) groups is 1. The molecule has 5 heteroatoms. The lowest BCUT2D eigenvalue weighted by molar-refractivity contribution is 0.0938. The van der Waals surface area contributed by atoms with E-state index in [1.807, 2.05) is 32.0 Å². The van der Waals surface area contributed by atoms with Crippen molar-refractivity contribution in [2.45, 2.75) is 19.9 Å². The van der Waals surface area contributed by atoms with Gasteiger partial charge in [0.2, 0.25) is 5.88 Å². The number of methoxy groups -OCH3 is 1. The zero-order chi connectivity index (χ0) is 14.5. The molecule has 5 nitrogen and oxygen atoms in total. The Morgan fingerprint density at radius 3 is 2.85 bits per heavy atom. The number of nitrogens with zero attached hydrogens (tertiary/aromatic N) is 2. The summed E-state index contributed by atoms with van der Waals surface area (Å²) in [6, 6.07) is 8.83. The van der Waals surface area contributed by atoms with Gasteiger partial charge in [-0.3, -0.25) is 9.78 Å². The lowest BCUT2D eigenvalue weighted by atomic mass is 10.1. The van der Waals surface area contributed by atoms with Gasteiger partial charge in [-0.1, -0.05) is 6.07 Å². The van der Waals surface area contributed by atoms with Crippen LogP contribution in [0.4, 0.5) is 0 Å². The first-order chi connectivity index (χ1) is 9.60. The van der Waals surface area contributed by atoms with Gasteiger partial charge in [0.15, 0.2) is 0 Å². The van der Waals surface area contributed by atoms with E-state index in [4.69, 9.17) is 4.74 Å². The number of carbonyl (C=O) groups excluding carboxylic acids is 1. The van der Waals surface area contributed by atoms with E-state index in [1.165, 1.54) is 7.11 Å². The summed E-state index contributed by atoms with van der Waals surface area (Å²) in [6.07, 6.45) is 1.54. The van der Waals surface area contributed by atoms with E-state index in [-0.39, 0.29) is 11.9 Å². The highest BCUT2D eigenvalue weighted by Gasteiger charge is 2.13. The van der Waals surface area contributed by atoms with Crippen LogP contribution in [0.15, 0.2) is 36.5 Å². The van der Waals surface area contributed by atoms with Gasteiger partial charge in [-0.2, -0.15) is 0 Å². The number of rotatable bonds is 4. The smallest absolute Gasteiger partial charge is 0.252 e. The van der Waals surface area contributed by atoms with Gasteiger partial charge in [0.05, 0.1) is 18.8 Å². The van der Waals surface area contributed by atoms with E-state index >= 15 is 0 Å². The van der Waals surface area contributed by atoms with Crippen LogP contribution in [0.5, 0.6) is 5.88 Å². The minimum atomic E-state index is -0.179. The third-order valence-corrected chi connectivity index (χ3v) is 2.91. The van der Waals surface area contributed by atoms with Crippen LogP contribution in [0.25, 0.3) is 0 Å². The van der Waals surface area contributed by atoms with E-state index in [1.54, 1.807) is 18.3 Å². The minimum absolute atomic E-state index is 0.165. The number of hydrogen-bond donors (Lipinski definition) is 1. The summed E-state index contributed by atoms with van der Waals surface area (Å²) in [5.41, 5.74) is 2.27. The van der Waals surface area contributed by atoms with Gasteiger partial charge in [-0.25, -0.2) is 4.98 Å². The molecule has 0 aromatic carbocycles. The molecule has 104 valence electrons. The molecule has 2 aromatic heterocycles. The molecule has 2 aromatic rings. The fraction of sp³-hybridized carbons (Fsp3) is 0.267. The van der Waals surface area contributed by atoms with Crippen molar-refractivity contribution in [1.29, 1.82) is 0 Å². The van der Waals surface area contributed by atoms with Crippen LogP contribution in [0.1, 0.15) is 34.7 Å². The highest BCUT2D eigenvalue weighted by Crippen LogP contribution is 2.13. The maximum Gasteiger partial charge on any atom is 0.252 e. The van der Waals surface area contributed by atoms with Gasteiger partial charge in [0.1, 0.15) is 0 Å². The summed E-state index contributed by atoms with van der Waals surface area (Å²) in [5, 5.41) is 2.91. The Morgan fingerprint density at radius 1 is 1.35 bits per heavy atom. The Kier molecular flexibility index (Phi) is 4.30. The number of aromatic nitrogens is 2. The molecule has 0 radical (unpaired) electrons. The average Bonchev–Trinajstić information content (AvgIpc) is 2.47. The molecule has 2 heterocycles. The monoisotopic (exact) mass is 271 g/mol. The van der Waals surface area contributed by atoms with Crippen molar-refractivity contribution in [1.82, 2.24) is 15.3 Å². The van der Waals surface area contributed by atoms with Crippen molar-refractivity contribution in [2.24, 2.45) is 0 Å². The molecular formula is C15H17N3O2. The molecule has 2 rings (SSSR count). The summed E-state index contributed by atoms with van der Waals surface area (Å²) in [6.45, 7) is 3.82. The van der Waals surface area contributed by atoms with E-state index in [0.29, 0.717) is 11.4 Å². The van der Waals surface area contributed by atoms with E-state index in [9.17, 15) is 4.79 Å². The van der Waals surface area contributed by atoms with E-state index < -0.39 is 0 Å². The highest BCUT2D eigenvalue weighted by molar-refractivity contribution is 5.94. The normalized spacial score (nSPS) is 11.8. The van der Waals surface area contributed by atoms with Crippen LogP contribution in [0.2, 0.25) is 0 Å². The third-order valence-electron chi connectivity index (χ3n) is 2.91. The first kappa shape index (κ1) is 14.0. The van der Waals surface area contributed by atoms with Crippen molar-refractivity contribution in [3.8, 4) is 5.88 Å². The summed E-state index contributed by atoms with van der Waals surface area (Å²) in [5.74, 6) is 0.237. The van der Waals surface area contributed by atoms with Gasteiger partial charge in [0, 0.05) is 23.5 Å². The van der Waals surface area contributed by atoms with Crippen molar-refractivity contribution < 1.29 is 9.53 Å². The highest BCUT2D eigenvalue weighted by atomic mass is 16.5. The van der Waals surface area contributed by atoms with Gasteiger partial charge in [-0.05, 0) is 32.0 Å². The molecule has 1 amide bonds. The minimum Gasteiger partial charge on any atom is -0.481 e. The Hall–Kier alpha value is -2.43. The van der Waals surface area contributed by atoms with Crippen LogP contribution in [-0.2, 0) is 0 Å². The Labute approximate surface area is 118 Å². The zero-order valence-electron chi connectivity index (χ0n) is 11.8. The molecule has 0 fully saturated rings. The summed E-state index contributed by atoms with van der Waals surface area (Å²) < 4.78 is 5.01. The molecule has 1 atom stereocenters. The lowest BCUT2D eigenvalue weighted by Crippen LogP contribution is -2.27. The predicted octanol–water partition coefficient (Wildman–Crippen LogP) is 2.28. The molecule has 0 saturated heterocycles. The van der Waals surface area contributed by atoms with Crippen molar-refractivity contribution in [3.05, 3.63) is 53.5 Å². The molecular weight excluding hydrogens is 254 g/mol. The second-order valence-electron chi connectivity index (χ2n) is 4.49. The van der Waals surface area contributed by atoms with Crippen molar-refractivity contribution in [2.75, 3.05) is 7.11 Å². The van der Waals surface area contributed by atoms with Crippen LogP contribution >= 0.6 is 0 Å². The van der Waals surface area contributed by atoms with Crippen molar-refractivity contribution in [3.63, 3.8) is 0 Å². The first-order valence-electron chi connectivity index (χ1n) is 6.34. The largest absolute Gasteiger partial charge is 0.481 e. The molecule has 0 bridgehead atoms. The second-order valence-corrected chi connectivity index (χ2v) is 4.49. The quantitative estimate of drug-likeness (QED) is 0.926. The number of aryl methyl sites for hydroxylation is 1. The number of ether oxygens (including phenoxy) is 1. The zero-order valence-corrected chi connectivity index (χ0v) is 11.8. The fourth-order valence-electron chi connectivity index (χ4n) is 1.82. The second kappa shape index (κ2) is 6.14. The molecule has 0 spiro atoms. The maximum atomic E-state index is 12.2. The topological polar surface area (TPSA) is 64.1 Å². The van der Waals surface area contributed by atoms with Crippen LogP contribution in [-0.4, -0.2) is 23.0 Å². The summed E-state index contributed by atoms with van der Waals surface area (Å²) >= 11 is 0. The van der Waals surface area contributed by atoms with Gasteiger partial charge in [-0.15, -0.1) is 0 Å². The molecule has 0 aliphatic heterocycles. The molecule has 1 unspecified atom stereocenters. The SMILES string of the molecule is COc1cc(C(=O)NC(C)c2cccc(C)n2)ccn1. The Bertz CT molecular complexity index is 614. The maximum absolute atomic E-state index is 12.2. The van der Waals surface area contributed by atoms with Crippen molar-refractivity contribution >= 4 is 5.91 Å². The van der Waals surface area contributed by atoms with Gasteiger partial charge >= 0.3 is 0 Å². The Morgan fingerprint density at radius 2 is 2.15 bits per heavy atom. The van der Waals surface area contributed by atoms with Gasteiger partial charge < -0.3 is 10.1 Å². The Balaban J connectivity index is 2.10. The molecule has 0 aliphatic carbocycles. The molecule has 0 saturated carbocycles. The standard InChI is InChI=1S/C15H17N3O2/c1-10-5-4-6-13(17-10)11(2)18-15(19)12-7-8-16-14(9-12)20-3/h4-9,11H,1-3H3,(H,18,19). The lowest BCUT2D eigenvalue weighted by Gasteiger charge is -2.14. The van der Waals surface area contributed by atoms with Gasteiger partial charge in [0.25, 0.3) is 5.91 Å². The van der Waals surface area contributed by atoms with E-state index in [0.717, 1.165) is 11.4 Å². The summed E-state index contributed by atoms with van der Waals surface area (Å²) in [4.78, 5) is 20.5. The first-order valence-corrected chi connectivity index (χ1v) is 6.34. The van der Waals surface area contributed by atoms with Crippen LogP contribution in [0, 0.1) is 6.92 Å². The number of amides is 1.